The fraction of sp³-hybridized carbons (Fsp3) is 0.545. The summed E-state index contributed by atoms with van der Waals surface area (Å²) in [5, 5.41) is 19.7. The molecule has 2 fully saturated rings. The van der Waals surface area contributed by atoms with E-state index in [9.17, 15) is 15.2 Å². The lowest BCUT2D eigenvalue weighted by Crippen LogP contribution is -2.66. The van der Waals surface area contributed by atoms with Crippen LogP contribution < -0.4 is 0 Å². The number of nitrogens with zero attached hydrogens (tertiary/aromatic N) is 2. The first-order valence-electron chi connectivity index (χ1n) is 9.94. The smallest absolute Gasteiger partial charge is 0.227 e. The average molecular weight is 366 g/mol. The number of hydrogen-bond donors (Lipinski definition) is 1. The van der Waals surface area contributed by atoms with E-state index < -0.39 is 6.04 Å². The van der Waals surface area contributed by atoms with Crippen molar-refractivity contribution >= 4 is 11.5 Å². The van der Waals surface area contributed by atoms with Crippen molar-refractivity contribution in [1.29, 1.82) is 5.26 Å². The first-order valence-corrected chi connectivity index (χ1v) is 9.94. The number of aliphatic hydroxyl groups is 1. The summed E-state index contributed by atoms with van der Waals surface area (Å²) < 4.78 is 5.34. The molecule has 1 amide bonds. The summed E-state index contributed by atoms with van der Waals surface area (Å²) >= 11 is 0. The van der Waals surface area contributed by atoms with Crippen LogP contribution in [0.3, 0.4) is 0 Å². The number of likely N-dealkylation sites (tertiary alicyclic amines) is 1. The largest absolute Gasteiger partial charge is 0.394 e. The molecule has 2 aliphatic heterocycles. The maximum absolute atomic E-state index is 12.9. The van der Waals surface area contributed by atoms with Gasteiger partial charge in [-0.2, -0.15) is 5.26 Å². The third-order valence-corrected chi connectivity index (χ3v) is 6.26. The lowest BCUT2D eigenvalue weighted by Gasteiger charge is -2.52. The van der Waals surface area contributed by atoms with Gasteiger partial charge in [-0.25, -0.2) is 0 Å². The molecule has 3 atom stereocenters. The molecule has 0 spiro atoms. The highest BCUT2D eigenvalue weighted by molar-refractivity contribution is 5.81. The average Bonchev–Trinajstić information content (AvgIpc) is 3.24. The van der Waals surface area contributed by atoms with Gasteiger partial charge in [-0.1, -0.05) is 30.3 Å². The van der Waals surface area contributed by atoms with Gasteiger partial charge in [0.15, 0.2) is 0 Å². The van der Waals surface area contributed by atoms with Gasteiger partial charge in [0.05, 0.1) is 18.7 Å². The van der Waals surface area contributed by atoms with Crippen LogP contribution in [0.1, 0.15) is 49.1 Å². The molecule has 5 heteroatoms. The van der Waals surface area contributed by atoms with E-state index in [4.69, 9.17) is 4.74 Å². The minimum absolute atomic E-state index is 0.00659. The van der Waals surface area contributed by atoms with Crippen molar-refractivity contribution < 1.29 is 14.6 Å². The van der Waals surface area contributed by atoms with Crippen molar-refractivity contribution in [2.24, 2.45) is 5.92 Å². The van der Waals surface area contributed by atoms with Crippen LogP contribution in [0.4, 0.5) is 0 Å². The van der Waals surface area contributed by atoms with Gasteiger partial charge in [0.25, 0.3) is 0 Å². The maximum Gasteiger partial charge on any atom is 0.227 e. The number of allylic oxidation sites excluding steroid dienone is 2. The Labute approximate surface area is 160 Å². The molecule has 0 unspecified atom stereocenters. The zero-order chi connectivity index (χ0) is 18.8. The summed E-state index contributed by atoms with van der Waals surface area (Å²) in [6.07, 6.45) is 7.16. The molecular formula is C22H26N2O3. The molecule has 0 saturated carbocycles. The molecule has 142 valence electrons. The number of amides is 1. The normalized spacial score (nSPS) is 28.4. The van der Waals surface area contributed by atoms with Crippen molar-refractivity contribution in [3.63, 3.8) is 0 Å². The van der Waals surface area contributed by atoms with E-state index >= 15 is 0 Å². The Kier molecular flexibility index (Phi) is 5.29. The number of hydrogen-bond acceptors (Lipinski definition) is 4. The topological polar surface area (TPSA) is 73.6 Å². The number of carbonyl (C=O) groups is 1. The van der Waals surface area contributed by atoms with E-state index in [0.29, 0.717) is 26.1 Å². The third kappa shape index (κ3) is 3.28. The Hall–Kier alpha value is -2.16. The van der Waals surface area contributed by atoms with Gasteiger partial charge in [0.2, 0.25) is 5.91 Å². The summed E-state index contributed by atoms with van der Waals surface area (Å²) in [5.41, 5.74) is 3.65. The first kappa shape index (κ1) is 18.2. The quantitative estimate of drug-likeness (QED) is 0.889. The molecule has 1 aliphatic carbocycles. The molecule has 2 heterocycles. The Morgan fingerprint density at radius 3 is 2.59 bits per heavy atom. The number of benzene rings is 1. The molecule has 5 nitrogen and oxygen atoms in total. The van der Waals surface area contributed by atoms with Crippen molar-refractivity contribution in [3.8, 4) is 6.07 Å². The summed E-state index contributed by atoms with van der Waals surface area (Å²) in [4.78, 5) is 14.5. The lowest BCUT2D eigenvalue weighted by atomic mass is 9.74. The van der Waals surface area contributed by atoms with Crippen molar-refractivity contribution in [1.82, 2.24) is 4.90 Å². The van der Waals surface area contributed by atoms with Crippen LogP contribution in [-0.2, 0) is 9.53 Å². The van der Waals surface area contributed by atoms with Gasteiger partial charge in [0.1, 0.15) is 6.04 Å². The van der Waals surface area contributed by atoms with Crippen LogP contribution in [0.15, 0.2) is 30.3 Å². The third-order valence-electron chi connectivity index (χ3n) is 6.26. The second-order valence-electron chi connectivity index (χ2n) is 7.73. The highest BCUT2D eigenvalue weighted by atomic mass is 16.5. The summed E-state index contributed by atoms with van der Waals surface area (Å²) in [6, 6.07) is 9.82. The predicted octanol–water partition coefficient (Wildman–Crippen LogP) is 2.86. The number of carbonyl (C=O) groups excluding carboxylic acids is 1. The number of aliphatic hydroxyl groups excluding tert-OH is 1. The zero-order valence-electron chi connectivity index (χ0n) is 15.5. The van der Waals surface area contributed by atoms with Crippen LogP contribution in [-0.4, -0.2) is 47.8 Å². The maximum atomic E-state index is 12.9. The molecule has 0 bridgehead atoms. The predicted molar refractivity (Wildman–Crippen MR) is 102 cm³/mol. The van der Waals surface area contributed by atoms with E-state index in [1.54, 1.807) is 4.90 Å². The molecule has 2 saturated heterocycles. The van der Waals surface area contributed by atoms with Gasteiger partial charge >= 0.3 is 0 Å². The molecule has 0 radical (unpaired) electrons. The Balaban J connectivity index is 1.52. The van der Waals surface area contributed by atoms with Crippen LogP contribution in [0.2, 0.25) is 0 Å². The monoisotopic (exact) mass is 366 g/mol. The fourth-order valence-corrected chi connectivity index (χ4v) is 4.72. The van der Waals surface area contributed by atoms with Crippen LogP contribution in [0.5, 0.6) is 0 Å². The molecule has 1 aromatic rings. The Bertz CT molecular complexity index is 759. The second kappa shape index (κ2) is 7.84. The standard InChI is InChI=1S/C22H26N2O3/c23-13-19-21(17-7-5-16(6-8-17)15-3-1-2-4-15)20(14-25)24(19)22(26)18-9-11-27-12-10-18/h3,5-8,18-21,25H,1-2,4,9-12,14H2/t19-,20+,21+/m0/s1. The number of ether oxygens (including phenoxy) is 1. The highest BCUT2D eigenvalue weighted by Crippen LogP contribution is 2.42. The zero-order valence-corrected chi connectivity index (χ0v) is 15.5. The van der Waals surface area contributed by atoms with E-state index in [1.807, 2.05) is 0 Å². The van der Waals surface area contributed by atoms with Crippen molar-refractivity contribution in [3.05, 3.63) is 41.5 Å². The molecular weight excluding hydrogens is 340 g/mol. The Morgan fingerprint density at radius 1 is 1.26 bits per heavy atom. The summed E-state index contributed by atoms with van der Waals surface area (Å²) in [5.74, 6) is -0.232. The molecule has 4 rings (SSSR count). The van der Waals surface area contributed by atoms with Crippen molar-refractivity contribution in [2.75, 3.05) is 19.8 Å². The van der Waals surface area contributed by atoms with Gasteiger partial charge in [-0.05, 0) is 48.8 Å². The minimum atomic E-state index is -0.506. The number of nitriles is 1. The molecule has 3 aliphatic rings. The molecule has 0 aromatic heterocycles. The van der Waals surface area contributed by atoms with Crippen LogP contribution >= 0.6 is 0 Å². The molecule has 1 aromatic carbocycles. The van der Waals surface area contributed by atoms with E-state index in [-0.39, 0.29) is 30.4 Å². The fourth-order valence-electron chi connectivity index (χ4n) is 4.72. The summed E-state index contributed by atoms with van der Waals surface area (Å²) in [6.45, 7) is 1.06. The molecule has 1 N–H and O–H groups in total. The van der Waals surface area contributed by atoms with Gasteiger partial charge in [0, 0.05) is 25.0 Å². The van der Waals surface area contributed by atoms with Gasteiger partial charge in [-0.3, -0.25) is 4.79 Å². The van der Waals surface area contributed by atoms with Gasteiger partial charge in [-0.15, -0.1) is 0 Å². The summed E-state index contributed by atoms with van der Waals surface area (Å²) in [7, 11) is 0. The van der Waals surface area contributed by atoms with E-state index in [0.717, 1.165) is 18.4 Å². The second-order valence-corrected chi connectivity index (χ2v) is 7.73. The van der Waals surface area contributed by atoms with E-state index in [2.05, 4.69) is 36.4 Å². The highest BCUT2D eigenvalue weighted by Gasteiger charge is 2.52. The van der Waals surface area contributed by atoms with E-state index in [1.165, 1.54) is 17.6 Å². The van der Waals surface area contributed by atoms with Crippen molar-refractivity contribution in [2.45, 2.75) is 50.1 Å². The van der Waals surface area contributed by atoms with Crippen LogP contribution in [0, 0.1) is 17.2 Å². The Morgan fingerprint density at radius 2 is 2.00 bits per heavy atom. The SMILES string of the molecule is N#C[C@H]1[C@@H](c2ccc(C3=CCCC3)cc2)[C@@H](CO)N1C(=O)C1CCOCC1. The lowest BCUT2D eigenvalue weighted by molar-refractivity contribution is -0.154. The first-order chi connectivity index (χ1) is 13.2. The number of rotatable bonds is 4. The van der Waals surface area contributed by atoms with Gasteiger partial charge < -0.3 is 14.7 Å². The minimum Gasteiger partial charge on any atom is -0.394 e. The van der Waals surface area contributed by atoms with Crippen LogP contribution in [0.25, 0.3) is 5.57 Å². The molecule has 27 heavy (non-hydrogen) atoms.